The summed E-state index contributed by atoms with van der Waals surface area (Å²) in [4.78, 5) is 12.8. The molecule has 1 aliphatic rings. The number of hydrogen-bond acceptors (Lipinski definition) is 5. The number of anilines is 1. The van der Waals surface area contributed by atoms with E-state index in [1.54, 1.807) is 12.1 Å². The van der Waals surface area contributed by atoms with Crippen molar-refractivity contribution in [3.8, 4) is 6.07 Å². The number of nitro benzene ring substituents is 1. The summed E-state index contributed by atoms with van der Waals surface area (Å²) in [7, 11) is 0. The molecule has 0 saturated carbocycles. The first-order valence-electron chi connectivity index (χ1n) is 6.54. The molecule has 1 atom stereocenters. The third-order valence-electron chi connectivity index (χ3n) is 3.95. The van der Waals surface area contributed by atoms with Gasteiger partial charge < -0.3 is 10.6 Å². The molecule has 1 unspecified atom stereocenters. The van der Waals surface area contributed by atoms with Crippen LogP contribution in [0.5, 0.6) is 0 Å². The van der Waals surface area contributed by atoms with Gasteiger partial charge in [0.1, 0.15) is 5.69 Å². The van der Waals surface area contributed by atoms with Crippen molar-refractivity contribution in [3.05, 3.63) is 33.9 Å². The van der Waals surface area contributed by atoms with Crippen LogP contribution in [0.25, 0.3) is 0 Å². The van der Waals surface area contributed by atoms with Gasteiger partial charge in [-0.3, -0.25) is 10.1 Å². The van der Waals surface area contributed by atoms with Crippen molar-refractivity contribution in [2.45, 2.75) is 26.3 Å². The summed E-state index contributed by atoms with van der Waals surface area (Å²) in [5.41, 5.74) is 6.84. The normalized spacial score (nSPS) is 21.3. The monoisotopic (exact) mass is 274 g/mol. The van der Waals surface area contributed by atoms with E-state index in [-0.39, 0.29) is 17.1 Å². The van der Waals surface area contributed by atoms with Crippen molar-refractivity contribution in [2.24, 2.45) is 11.1 Å². The van der Waals surface area contributed by atoms with Crippen molar-refractivity contribution >= 4 is 11.4 Å². The molecular weight excluding hydrogens is 256 g/mol. The molecule has 0 aromatic heterocycles. The zero-order valence-corrected chi connectivity index (χ0v) is 11.7. The molecule has 0 spiro atoms. The van der Waals surface area contributed by atoms with E-state index in [1.165, 1.54) is 6.07 Å². The lowest BCUT2D eigenvalue weighted by Crippen LogP contribution is -2.52. The molecule has 1 fully saturated rings. The Hall–Kier alpha value is -2.13. The lowest BCUT2D eigenvalue weighted by atomic mass is 9.79. The molecule has 20 heavy (non-hydrogen) atoms. The van der Waals surface area contributed by atoms with Crippen LogP contribution in [0.15, 0.2) is 18.2 Å². The van der Waals surface area contributed by atoms with E-state index in [4.69, 9.17) is 11.0 Å². The molecule has 1 heterocycles. The highest BCUT2D eigenvalue weighted by Gasteiger charge is 2.35. The third-order valence-corrected chi connectivity index (χ3v) is 3.95. The van der Waals surface area contributed by atoms with E-state index < -0.39 is 4.92 Å². The van der Waals surface area contributed by atoms with Crippen molar-refractivity contribution in [2.75, 3.05) is 18.0 Å². The number of hydrogen-bond donors (Lipinski definition) is 1. The maximum atomic E-state index is 11.2. The van der Waals surface area contributed by atoms with Crippen LogP contribution in [-0.4, -0.2) is 24.1 Å². The highest BCUT2D eigenvalue weighted by Crippen LogP contribution is 2.35. The molecule has 1 saturated heterocycles. The van der Waals surface area contributed by atoms with E-state index >= 15 is 0 Å². The van der Waals surface area contributed by atoms with E-state index in [2.05, 4.69) is 13.8 Å². The molecule has 2 rings (SSSR count). The Kier molecular flexibility index (Phi) is 3.64. The van der Waals surface area contributed by atoms with Crippen molar-refractivity contribution in [3.63, 3.8) is 0 Å². The fourth-order valence-electron chi connectivity index (χ4n) is 2.59. The maximum absolute atomic E-state index is 11.2. The summed E-state index contributed by atoms with van der Waals surface area (Å²) in [5.74, 6) is 0. The Balaban J connectivity index is 2.38. The Morgan fingerprint density at radius 3 is 2.80 bits per heavy atom. The Morgan fingerprint density at radius 2 is 2.25 bits per heavy atom. The fraction of sp³-hybridized carbons (Fsp3) is 0.500. The molecule has 0 amide bonds. The highest BCUT2D eigenvalue weighted by molar-refractivity contribution is 5.66. The number of nitrogens with two attached hydrogens (primary N) is 1. The van der Waals surface area contributed by atoms with Crippen LogP contribution < -0.4 is 10.6 Å². The first-order valence-corrected chi connectivity index (χ1v) is 6.54. The number of rotatable bonds is 2. The fourth-order valence-corrected chi connectivity index (χ4v) is 2.59. The molecule has 1 aliphatic heterocycles. The average Bonchev–Trinajstić information content (AvgIpc) is 2.41. The van der Waals surface area contributed by atoms with Crippen LogP contribution in [0.3, 0.4) is 0 Å². The van der Waals surface area contributed by atoms with Gasteiger partial charge in [-0.25, -0.2) is 0 Å². The summed E-state index contributed by atoms with van der Waals surface area (Å²) in [6.07, 6.45) is 0.796. The molecular formula is C14H18N4O2. The van der Waals surface area contributed by atoms with Crippen LogP contribution in [0.1, 0.15) is 25.8 Å². The number of nitriles is 1. The molecule has 6 heteroatoms. The van der Waals surface area contributed by atoms with Gasteiger partial charge >= 0.3 is 0 Å². The van der Waals surface area contributed by atoms with Gasteiger partial charge in [-0.1, -0.05) is 13.8 Å². The summed E-state index contributed by atoms with van der Waals surface area (Å²) in [5, 5.41) is 20.1. The lowest BCUT2D eigenvalue weighted by molar-refractivity contribution is -0.384. The topological polar surface area (TPSA) is 96.2 Å². The maximum Gasteiger partial charge on any atom is 0.293 e. The average molecular weight is 274 g/mol. The minimum Gasteiger partial charge on any atom is -0.365 e. The van der Waals surface area contributed by atoms with E-state index in [9.17, 15) is 10.1 Å². The van der Waals surface area contributed by atoms with Crippen molar-refractivity contribution in [1.82, 2.24) is 0 Å². The predicted octanol–water partition coefficient (Wildman–Crippen LogP) is 2.03. The second-order valence-electron chi connectivity index (χ2n) is 5.88. The first-order chi connectivity index (χ1) is 9.35. The standard InChI is InChI=1S/C14H18N4O2/c1-14(2)9-17(6-5-13(14)16)11-4-3-10(8-15)7-12(11)18(19)20/h3-4,7,13H,5-6,9,16H2,1-2H3. The van der Waals surface area contributed by atoms with Crippen LogP contribution in [0.2, 0.25) is 0 Å². The number of nitro groups is 1. The lowest BCUT2D eigenvalue weighted by Gasteiger charge is -2.43. The smallest absolute Gasteiger partial charge is 0.293 e. The minimum absolute atomic E-state index is 0.0182. The summed E-state index contributed by atoms with van der Waals surface area (Å²) in [6.45, 7) is 5.50. The van der Waals surface area contributed by atoms with Crippen LogP contribution in [0.4, 0.5) is 11.4 Å². The summed E-state index contributed by atoms with van der Waals surface area (Å²) in [6, 6.07) is 6.63. The molecule has 106 valence electrons. The van der Waals surface area contributed by atoms with E-state index in [0.29, 0.717) is 24.3 Å². The largest absolute Gasteiger partial charge is 0.365 e. The van der Waals surface area contributed by atoms with Gasteiger partial charge in [-0.05, 0) is 24.0 Å². The van der Waals surface area contributed by atoms with Crippen LogP contribution in [-0.2, 0) is 0 Å². The predicted molar refractivity (Wildman–Crippen MR) is 76.4 cm³/mol. The zero-order valence-electron chi connectivity index (χ0n) is 11.7. The molecule has 1 aromatic rings. The van der Waals surface area contributed by atoms with Gasteiger partial charge in [0, 0.05) is 25.2 Å². The number of nitrogens with zero attached hydrogens (tertiary/aromatic N) is 3. The molecule has 6 nitrogen and oxygen atoms in total. The van der Waals surface area contributed by atoms with Gasteiger partial charge in [0.25, 0.3) is 5.69 Å². The molecule has 0 bridgehead atoms. The van der Waals surface area contributed by atoms with Gasteiger partial charge in [-0.15, -0.1) is 0 Å². The molecule has 2 N–H and O–H groups in total. The molecule has 0 aliphatic carbocycles. The Bertz CT molecular complexity index is 577. The number of benzene rings is 1. The third kappa shape index (κ3) is 2.58. The van der Waals surface area contributed by atoms with Gasteiger partial charge in [0.05, 0.1) is 16.6 Å². The second-order valence-corrected chi connectivity index (χ2v) is 5.88. The van der Waals surface area contributed by atoms with E-state index in [1.807, 2.05) is 11.0 Å². The van der Waals surface area contributed by atoms with Gasteiger partial charge in [0.15, 0.2) is 0 Å². The molecule has 0 radical (unpaired) electrons. The number of piperidine rings is 1. The summed E-state index contributed by atoms with van der Waals surface area (Å²) >= 11 is 0. The minimum atomic E-state index is -0.433. The quantitative estimate of drug-likeness (QED) is 0.657. The van der Waals surface area contributed by atoms with Crippen molar-refractivity contribution < 1.29 is 4.92 Å². The Labute approximate surface area is 117 Å². The first kappa shape index (κ1) is 14.3. The summed E-state index contributed by atoms with van der Waals surface area (Å²) < 4.78 is 0. The molecule has 1 aromatic carbocycles. The highest BCUT2D eigenvalue weighted by atomic mass is 16.6. The van der Waals surface area contributed by atoms with E-state index in [0.717, 1.165) is 6.42 Å². The van der Waals surface area contributed by atoms with Gasteiger partial charge in [0.2, 0.25) is 0 Å². The SMILES string of the molecule is CC1(C)CN(c2ccc(C#N)cc2[N+](=O)[O-])CCC1N. The van der Waals surface area contributed by atoms with Crippen molar-refractivity contribution in [1.29, 1.82) is 5.26 Å². The van der Waals surface area contributed by atoms with Crippen LogP contribution >= 0.6 is 0 Å². The van der Waals surface area contributed by atoms with Crippen LogP contribution in [0, 0.1) is 26.9 Å². The Morgan fingerprint density at radius 1 is 1.55 bits per heavy atom. The van der Waals surface area contributed by atoms with Gasteiger partial charge in [-0.2, -0.15) is 5.26 Å². The second kappa shape index (κ2) is 5.10. The zero-order chi connectivity index (χ0) is 14.9.